The van der Waals surface area contributed by atoms with Crippen LogP contribution in [0, 0.1) is 0 Å². The van der Waals surface area contributed by atoms with Gasteiger partial charge in [-0.1, -0.05) is 62.9 Å². The van der Waals surface area contributed by atoms with Crippen molar-refractivity contribution in [3.05, 3.63) is 78.4 Å². The van der Waals surface area contributed by atoms with Crippen LogP contribution in [0.5, 0.6) is 5.75 Å². The molecule has 0 saturated carbocycles. The van der Waals surface area contributed by atoms with Crippen LogP contribution >= 0.6 is 0 Å². The molecule has 0 aliphatic carbocycles. The Bertz CT molecular complexity index is 587. The van der Waals surface area contributed by atoms with E-state index in [-0.39, 0.29) is 5.41 Å². The molecule has 0 heterocycles. The Labute approximate surface area is 140 Å². The number of nitrogens with two attached hydrogens (primary N) is 1. The topological polar surface area (TPSA) is 25.8 Å². The van der Waals surface area contributed by atoms with Crippen molar-refractivity contribution in [3.8, 4) is 5.75 Å². The molecule has 2 N–H and O–H groups in total. The number of benzene rings is 2. The molecule has 0 unspecified atom stereocenters. The van der Waals surface area contributed by atoms with Gasteiger partial charge in [0.2, 0.25) is 0 Å². The van der Waals surface area contributed by atoms with E-state index in [1.54, 1.807) is 0 Å². The molecule has 2 rings (SSSR count). The summed E-state index contributed by atoms with van der Waals surface area (Å²) >= 11 is 0. The van der Waals surface area contributed by atoms with Gasteiger partial charge in [0.1, 0.15) is 5.75 Å². The molecule has 2 nitrogen and oxygen atoms in total. The second-order valence-electron chi connectivity index (χ2n) is 6.32. The lowest BCUT2D eigenvalue weighted by Crippen LogP contribution is -2.84. The van der Waals surface area contributed by atoms with Crippen LogP contribution < -0.4 is 10.1 Å². The van der Waals surface area contributed by atoms with Crippen molar-refractivity contribution in [1.82, 2.24) is 0 Å². The van der Waals surface area contributed by atoms with E-state index < -0.39 is 0 Å². The van der Waals surface area contributed by atoms with Crippen molar-refractivity contribution in [2.75, 3.05) is 19.7 Å². The minimum absolute atomic E-state index is 0.000558. The van der Waals surface area contributed by atoms with Crippen LogP contribution in [-0.2, 0) is 5.41 Å². The van der Waals surface area contributed by atoms with Gasteiger partial charge in [0.15, 0.2) is 0 Å². The number of hydrogen-bond donors (Lipinski definition) is 1. The highest BCUT2D eigenvalue weighted by Gasteiger charge is 2.22. The molecule has 0 aliphatic heterocycles. The van der Waals surface area contributed by atoms with E-state index in [0.29, 0.717) is 0 Å². The van der Waals surface area contributed by atoms with E-state index in [9.17, 15) is 0 Å². The van der Waals surface area contributed by atoms with Gasteiger partial charge in [-0.25, -0.2) is 0 Å². The maximum Gasteiger partial charge on any atom is 0.119 e. The first-order chi connectivity index (χ1) is 11.1. The van der Waals surface area contributed by atoms with Crippen LogP contribution in [0.1, 0.15) is 31.4 Å². The molecule has 0 fully saturated rings. The maximum absolute atomic E-state index is 5.81. The standard InChI is InChI=1S/C21H27NO/c1-4-15-22-16-8-17-23-20-13-11-19(12-14-20)21(2,3)18-9-6-5-7-10-18/h4-7,9-14,22H,1,8,15-17H2,2-3H3/p+1. The van der Waals surface area contributed by atoms with E-state index in [2.05, 4.69) is 80.3 Å². The normalized spacial score (nSPS) is 11.2. The van der Waals surface area contributed by atoms with E-state index in [4.69, 9.17) is 4.74 Å². The fourth-order valence-electron chi connectivity index (χ4n) is 2.64. The van der Waals surface area contributed by atoms with Crippen LogP contribution in [0.2, 0.25) is 0 Å². The first-order valence-electron chi connectivity index (χ1n) is 8.36. The first-order valence-corrected chi connectivity index (χ1v) is 8.36. The Morgan fingerprint density at radius 2 is 1.65 bits per heavy atom. The monoisotopic (exact) mass is 310 g/mol. The van der Waals surface area contributed by atoms with Gasteiger partial charge in [-0.2, -0.15) is 0 Å². The fourth-order valence-corrected chi connectivity index (χ4v) is 2.64. The molecule has 0 aromatic heterocycles. The zero-order valence-electron chi connectivity index (χ0n) is 14.3. The van der Waals surface area contributed by atoms with Crippen molar-refractivity contribution < 1.29 is 10.1 Å². The summed E-state index contributed by atoms with van der Waals surface area (Å²) in [5.41, 5.74) is 2.63. The van der Waals surface area contributed by atoms with Crippen molar-refractivity contribution in [2.24, 2.45) is 0 Å². The van der Waals surface area contributed by atoms with E-state index in [0.717, 1.165) is 31.9 Å². The lowest BCUT2D eigenvalue weighted by Gasteiger charge is -2.26. The van der Waals surface area contributed by atoms with Gasteiger partial charge in [-0.15, -0.1) is 0 Å². The SMILES string of the molecule is C=CC[NH2+]CCCOc1ccc(C(C)(C)c2ccccc2)cc1. The van der Waals surface area contributed by atoms with Crippen molar-refractivity contribution in [3.63, 3.8) is 0 Å². The average Bonchev–Trinajstić information content (AvgIpc) is 2.59. The highest BCUT2D eigenvalue weighted by molar-refractivity contribution is 5.39. The van der Waals surface area contributed by atoms with Gasteiger partial charge in [-0.3, -0.25) is 0 Å². The first kappa shape index (κ1) is 17.3. The predicted molar refractivity (Wildman–Crippen MR) is 97.0 cm³/mol. The Hall–Kier alpha value is -2.06. The molecule has 2 aromatic carbocycles. The predicted octanol–water partition coefficient (Wildman–Crippen LogP) is 3.53. The highest BCUT2D eigenvalue weighted by Crippen LogP contribution is 2.32. The largest absolute Gasteiger partial charge is 0.493 e. The Morgan fingerprint density at radius 3 is 2.30 bits per heavy atom. The molecule has 0 radical (unpaired) electrons. The number of ether oxygens (including phenoxy) is 1. The molecule has 0 bridgehead atoms. The van der Waals surface area contributed by atoms with Gasteiger partial charge >= 0.3 is 0 Å². The van der Waals surface area contributed by atoms with Gasteiger partial charge in [-0.05, 0) is 29.3 Å². The minimum atomic E-state index is -0.000558. The summed E-state index contributed by atoms with van der Waals surface area (Å²) in [6.07, 6.45) is 2.97. The van der Waals surface area contributed by atoms with E-state index in [1.165, 1.54) is 11.1 Å². The zero-order valence-corrected chi connectivity index (χ0v) is 14.3. The molecular formula is C21H28NO+. The smallest absolute Gasteiger partial charge is 0.119 e. The second kappa shape index (κ2) is 8.54. The van der Waals surface area contributed by atoms with Gasteiger partial charge in [0, 0.05) is 11.8 Å². The Morgan fingerprint density at radius 1 is 1.00 bits per heavy atom. The van der Waals surface area contributed by atoms with Crippen LogP contribution in [0.25, 0.3) is 0 Å². The van der Waals surface area contributed by atoms with Gasteiger partial charge in [0.25, 0.3) is 0 Å². The van der Waals surface area contributed by atoms with Gasteiger partial charge < -0.3 is 10.1 Å². The number of rotatable bonds is 9. The van der Waals surface area contributed by atoms with E-state index in [1.807, 2.05) is 6.08 Å². The summed E-state index contributed by atoms with van der Waals surface area (Å²) < 4.78 is 5.81. The summed E-state index contributed by atoms with van der Waals surface area (Å²) in [6.45, 7) is 11.0. The number of quaternary nitrogens is 1. The lowest BCUT2D eigenvalue weighted by molar-refractivity contribution is -0.646. The molecule has 2 heteroatoms. The van der Waals surface area contributed by atoms with Crippen LogP contribution in [-0.4, -0.2) is 19.7 Å². The summed E-state index contributed by atoms with van der Waals surface area (Å²) in [6, 6.07) is 19.1. The third-order valence-electron chi connectivity index (χ3n) is 4.23. The molecule has 122 valence electrons. The van der Waals surface area contributed by atoms with Crippen LogP contribution in [0.15, 0.2) is 67.3 Å². The highest BCUT2D eigenvalue weighted by atomic mass is 16.5. The summed E-state index contributed by atoms with van der Waals surface area (Å²) in [7, 11) is 0. The molecule has 0 saturated heterocycles. The Balaban J connectivity index is 1.90. The lowest BCUT2D eigenvalue weighted by atomic mass is 9.78. The molecule has 0 spiro atoms. The molecule has 0 amide bonds. The van der Waals surface area contributed by atoms with Crippen molar-refractivity contribution in [1.29, 1.82) is 0 Å². The number of hydrogen-bond acceptors (Lipinski definition) is 1. The quantitative estimate of drug-likeness (QED) is 0.556. The average molecular weight is 310 g/mol. The third kappa shape index (κ3) is 4.97. The summed E-state index contributed by atoms with van der Waals surface area (Å²) in [5, 5.41) is 2.24. The molecular weight excluding hydrogens is 282 g/mol. The van der Waals surface area contributed by atoms with Crippen LogP contribution in [0.4, 0.5) is 0 Å². The fraction of sp³-hybridized carbons (Fsp3) is 0.333. The minimum Gasteiger partial charge on any atom is -0.493 e. The molecule has 2 aromatic rings. The molecule has 23 heavy (non-hydrogen) atoms. The second-order valence-corrected chi connectivity index (χ2v) is 6.32. The maximum atomic E-state index is 5.81. The third-order valence-corrected chi connectivity index (χ3v) is 4.23. The summed E-state index contributed by atoms with van der Waals surface area (Å²) in [5.74, 6) is 0.946. The zero-order chi connectivity index (χ0) is 16.5. The van der Waals surface area contributed by atoms with Gasteiger partial charge in [0.05, 0.1) is 19.7 Å². The molecule has 0 atom stereocenters. The van der Waals surface area contributed by atoms with Crippen LogP contribution in [0.3, 0.4) is 0 Å². The summed E-state index contributed by atoms with van der Waals surface area (Å²) in [4.78, 5) is 0. The van der Waals surface area contributed by atoms with Crippen molar-refractivity contribution >= 4 is 0 Å². The van der Waals surface area contributed by atoms with Crippen molar-refractivity contribution in [2.45, 2.75) is 25.7 Å². The Kier molecular flexibility index (Phi) is 6.42. The molecule has 0 aliphatic rings. The van der Waals surface area contributed by atoms with E-state index >= 15 is 0 Å².